The largest absolute Gasteiger partial charge is 0.545 e. The Balaban J connectivity index is 4.06. The topological polar surface area (TPSA) is 111 Å². The quantitative estimate of drug-likeness (QED) is 0.0195. The van der Waals surface area contributed by atoms with Crippen LogP contribution in [0, 0.1) is 0 Å². The molecule has 0 N–H and O–H groups in total. The number of esters is 2. The molecule has 2 atom stereocenters. The van der Waals surface area contributed by atoms with Crippen LogP contribution in [0.3, 0.4) is 0 Å². The molecule has 0 rings (SSSR count). The van der Waals surface area contributed by atoms with E-state index < -0.39 is 24.3 Å². The molecule has 0 aliphatic carbocycles. The van der Waals surface area contributed by atoms with Gasteiger partial charge in [0, 0.05) is 12.8 Å². The van der Waals surface area contributed by atoms with Crippen LogP contribution >= 0.6 is 0 Å². The molecule has 9 nitrogen and oxygen atoms in total. The van der Waals surface area contributed by atoms with Crippen LogP contribution in [0.1, 0.15) is 335 Å². The zero-order valence-electron chi connectivity index (χ0n) is 56.5. The molecule has 0 fully saturated rings. The highest BCUT2D eigenvalue weighted by Crippen LogP contribution is 2.19. The highest BCUT2D eigenvalue weighted by Gasteiger charge is 2.22. The van der Waals surface area contributed by atoms with E-state index in [9.17, 15) is 19.5 Å². The van der Waals surface area contributed by atoms with Crippen molar-refractivity contribution in [1.29, 1.82) is 0 Å². The Hall–Kier alpha value is -3.27. The summed E-state index contributed by atoms with van der Waals surface area (Å²) in [4.78, 5) is 37.5. The zero-order valence-corrected chi connectivity index (χ0v) is 56.5. The van der Waals surface area contributed by atoms with E-state index in [0.29, 0.717) is 23.9 Å². The molecule has 0 radical (unpaired) electrons. The number of quaternary nitrogens is 1. The minimum Gasteiger partial charge on any atom is -0.545 e. The molecule has 0 aliphatic rings. The number of carboxylic acid groups (broad SMARTS) is 1. The van der Waals surface area contributed by atoms with Gasteiger partial charge in [-0.2, -0.15) is 0 Å². The summed E-state index contributed by atoms with van der Waals surface area (Å²) in [5, 5.41) is 11.8. The van der Waals surface area contributed by atoms with Gasteiger partial charge in [-0.25, -0.2) is 0 Å². The third-order valence-electron chi connectivity index (χ3n) is 16.0. The van der Waals surface area contributed by atoms with E-state index in [-0.39, 0.29) is 32.2 Å². The third-order valence-corrected chi connectivity index (χ3v) is 16.0. The molecular weight excluding hydrogens is 1050 g/mol. The number of carboxylic acids is 1. The maximum absolute atomic E-state index is 12.9. The van der Waals surface area contributed by atoms with Gasteiger partial charge in [-0.05, 0) is 64.2 Å². The Morgan fingerprint density at radius 1 is 0.365 bits per heavy atom. The molecule has 0 spiro atoms. The minimum absolute atomic E-state index is 0.148. The molecule has 0 aromatic heterocycles. The molecule has 0 saturated heterocycles. The van der Waals surface area contributed by atoms with Gasteiger partial charge in [0.15, 0.2) is 12.4 Å². The first-order chi connectivity index (χ1) is 41.6. The monoisotopic (exact) mass is 1190 g/mol. The summed E-state index contributed by atoms with van der Waals surface area (Å²) in [6, 6.07) is 0. The van der Waals surface area contributed by atoms with Gasteiger partial charge in [-0.15, -0.1) is 0 Å². The normalized spacial score (nSPS) is 13.1. The van der Waals surface area contributed by atoms with Crippen LogP contribution in [0.5, 0.6) is 0 Å². The fourth-order valence-electron chi connectivity index (χ4n) is 10.5. The maximum atomic E-state index is 12.9. The first-order valence-electron chi connectivity index (χ1n) is 36.1. The maximum Gasteiger partial charge on any atom is 0.306 e. The number of hydrogen-bond acceptors (Lipinski definition) is 8. The van der Waals surface area contributed by atoms with E-state index in [0.717, 1.165) is 70.6 Å². The van der Waals surface area contributed by atoms with Gasteiger partial charge in [0.1, 0.15) is 13.2 Å². The lowest BCUT2D eigenvalue weighted by atomic mass is 10.0. The van der Waals surface area contributed by atoms with Crippen LogP contribution in [-0.4, -0.2) is 82.3 Å². The highest BCUT2D eigenvalue weighted by molar-refractivity contribution is 5.70. The number of rotatable bonds is 67. The number of carbonyl (C=O) groups is 3. The number of aliphatic carboxylic acids is 1. The van der Waals surface area contributed by atoms with Gasteiger partial charge >= 0.3 is 11.9 Å². The first-order valence-corrected chi connectivity index (χ1v) is 36.1. The number of likely N-dealkylation sites (N-methyl/N-ethyl adjacent to an activating group) is 1. The fraction of sp³-hybridized carbons (Fsp3) is 0.803. The first kappa shape index (κ1) is 81.7. The molecule has 0 aromatic carbocycles. The predicted octanol–water partition coefficient (Wildman–Crippen LogP) is 21.1. The molecule has 0 aromatic rings. The molecule has 0 heterocycles. The average molecular weight is 1190 g/mol. The van der Waals surface area contributed by atoms with Gasteiger partial charge in [0.2, 0.25) is 0 Å². The number of nitrogens with zero attached hydrogens (tertiary/aromatic N) is 1. The highest BCUT2D eigenvalue weighted by atomic mass is 16.7. The SMILES string of the molecule is CC/C=C\C/C=C\C/C=C\C/C=C\C/C=C\C/C=C\CCCCCCCCCCCCCCCCCCC(=O)OC(COC(=O)CCCCCCCCCCCCCCCCCCCCCCCCCCC)COC(OCC[N+](C)(C)C)C(=O)[O-]. The van der Waals surface area contributed by atoms with Crippen LogP contribution in [0.15, 0.2) is 72.9 Å². The molecule has 0 saturated carbocycles. The average Bonchev–Trinajstić information content (AvgIpc) is 3.48. The summed E-state index contributed by atoms with van der Waals surface area (Å²) in [7, 11) is 5.94. The van der Waals surface area contributed by atoms with Crippen LogP contribution in [-0.2, 0) is 33.3 Å². The Bertz CT molecular complexity index is 1620. The van der Waals surface area contributed by atoms with Gasteiger partial charge in [-0.3, -0.25) is 9.59 Å². The third kappa shape index (κ3) is 68.1. The van der Waals surface area contributed by atoms with Gasteiger partial charge in [-0.1, -0.05) is 331 Å². The second kappa shape index (κ2) is 66.7. The lowest BCUT2D eigenvalue weighted by Gasteiger charge is -2.26. The van der Waals surface area contributed by atoms with Crippen LogP contribution < -0.4 is 5.11 Å². The van der Waals surface area contributed by atoms with Crippen molar-refractivity contribution in [1.82, 2.24) is 0 Å². The molecule has 2 unspecified atom stereocenters. The van der Waals surface area contributed by atoms with Gasteiger partial charge in [0.25, 0.3) is 0 Å². The summed E-state index contributed by atoms with van der Waals surface area (Å²) in [5.41, 5.74) is 0. The van der Waals surface area contributed by atoms with Crippen molar-refractivity contribution >= 4 is 17.9 Å². The minimum atomic E-state index is -1.62. The number of ether oxygens (including phenoxy) is 4. The van der Waals surface area contributed by atoms with Gasteiger partial charge < -0.3 is 33.3 Å². The Kier molecular flexibility index (Phi) is 64.1. The molecule has 0 aliphatic heterocycles. The van der Waals surface area contributed by atoms with Crippen LogP contribution in [0.4, 0.5) is 0 Å². The van der Waals surface area contributed by atoms with Gasteiger partial charge in [0.05, 0.1) is 40.3 Å². The second-order valence-corrected chi connectivity index (χ2v) is 25.5. The Morgan fingerprint density at radius 3 is 1.00 bits per heavy atom. The molecule has 0 bridgehead atoms. The Labute approximate surface area is 526 Å². The van der Waals surface area contributed by atoms with Crippen molar-refractivity contribution in [2.45, 2.75) is 347 Å². The second-order valence-electron chi connectivity index (χ2n) is 25.5. The molecule has 0 amide bonds. The van der Waals surface area contributed by atoms with E-state index in [2.05, 4.69) is 86.8 Å². The summed E-state index contributed by atoms with van der Waals surface area (Å²) < 4.78 is 22.8. The lowest BCUT2D eigenvalue weighted by molar-refractivity contribution is -0.870. The molecule has 494 valence electrons. The van der Waals surface area contributed by atoms with Crippen molar-refractivity contribution in [3.8, 4) is 0 Å². The standard InChI is InChI=1S/C76H137NO8/c1-6-8-10-12-14-16-18-20-22-24-26-28-30-32-33-34-35-36-37-38-39-40-41-43-45-47-49-51-53-55-57-59-61-63-65-67-74(79)85-72(71-84-76(75(80)81)82-69-68-77(3,4)5)70-83-73(78)66-64-62-60-58-56-54-52-50-48-46-44-42-31-29-27-25-23-21-19-17-15-13-11-9-7-2/h8,10,14,16,20,22,26,28,32-33,35-36,72,76H,6-7,9,11-13,15,17-19,21,23-25,27,29-31,34,37-71H2,1-5H3/b10-8-,16-14-,22-20-,28-26-,33-32-,36-35-. The van der Waals surface area contributed by atoms with E-state index in [4.69, 9.17) is 18.9 Å². The molecular formula is C76H137NO8. The number of unbranched alkanes of at least 4 members (excludes halogenated alkanes) is 40. The molecule has 9 heteroatoms. The Morgan fingerprint density at radius 2 is 0.671 bits per heavy atom. The summed E-state index contributed by atoms with van der Waals surface area (Å²) >= 11 is 0. The fourth-order valence-corrected chi connectivity index (χ4v) is 10.5. The smallest absolute Gasteiger partial charge is 0.306 e. The van der Waals surface area contributed by atoms with Crippen molar-refractivity contribution < 1.29 is 42.9 Å². The van der Waals surface area contributed by atoms with E-state index in [1.165, 1.54) is 231 Å². The van der Waals surface area contributed by atoms with Crippen molar-refractivity contribution in [3.05, 3.63) is 72.9 Å². The summed E-state index contributed by atoms with van der Waals surface area (Å²) in [5.74, 6) is -2.26. The van der Waals surface area contributed by atoms with E-state index in [1.807, 2.05) is 21.1 Å². The van der Waals surface area contributed by atoms with E-state index in [1.54, 1.807) is 0 Å². The zero-order chi connectivity index (χ0) is 61.9. The van der Waals surface area contributed by atoms with Crippen LogP contribution in [0.25, 0.3) is 0 Å². The predicted molar refractivity (Wildman–Crippen MR) is 361 cm³/mol. The number of allylic oxidation sites excluding steroid dienone is 12. The van der Waals surface area contributed by atoms with E-state index >= 15 is 0 Å². The number of hydrogen-bond donors (Lipinski definition) is 0. The van der Waals surface area contributed by atoms with Crippen molar-refractivity contribution in [2.75, 3.05) is 47.5 Å². The van der Waals surface area contributed by atoms with Crippen molar-refractivity contribution in [3.63, 3.8) is 0 Å². The lowest BCUT2D eigenvalue weighted by Crippen LogP contribution is -2.44. The number of carbonyl (C=O) groups excluding carboxylic acids is 3. The summed E-state index contributed by atoms with van der Waals surface area (Å²) in [6.07, 6.45) is 85.6. The molecule has 85 heavy (non-hydrogen) atoms. The van der Waals surface area contributed by atoms with Crippen molar-refractivity contribution in [2.24, 2.45) is 0 Å². The summed E-state index contributed by atoms with van der Waals surface area (Å²) in [6.45, 7) is 4.69. The van der Waals surface area contributed by atoms with Crippen LogP contribution in [0.2, 0.25) is 0 Å².